The maximum atomic E-state index is 3.59. The van der Waals surface area contributed by atoms with Gasteiger partial charge in [-0.1, -0.05) is 58.3 Å². The van der Waals surface area contributed by atoms with Crippen LogP contribution in [-0.4, -0.2) is 24.1 Å². The second-order valence-corrected chi connectivity index (χ2v) is 7.06. The summed E-state index contributed by atoms with van der Waals surface area (Å²) >= 11 is 2.22. The lowest BCUT2D eigenvalue weighted by molar-refractivity contribution is 0.434. The average Bonchev–Trinajstić information content (AvgIpc) is 2.38. The van der Waals surface area contributed by atoms with Gasteiger partial charge in [-0.15, -0.1) is 0 Å². The monoisotopic (exact) mass is 271 g/mol. The van der Waals surface area contributed by atoms with Crippen molar-refractivity contribution in [3.05, 3.63) is 0 Å². The van der Waals surface area contributed by atoms with Crippen LogP contribution in [0.3, 0.4) is 0 Å². The van der Waals surface area contributed by atoms with Gasteiger partial charge in [-0.25, -0.2) is 0 Å². The van der Waals surface area contributed by atoms with Crippen molar-refractivity contribution in [3.63, 3.8) is 0 Å². The van der Waals surface area contributed by atoms with Gasteiger partial charge in [0, 0.05) is 11.3 Å². The van der Waals surface area contributed by atoms with Crippen LogP contribution in [0.5, 0.6) is 0 Å². The highest BCUT2D eigenvalue weighted by atomic mass is 32.2. The van der Waals surface area contributed by atoms with Gasteiger partial charge in [-0.2, -0.15) is 11.8 Å². The molecule has 0 radical (unpaired) electrons. The van der Waals surface area contributed by atoms with E-state index in [4.69, 9.17) is 0 Å². The van der Waals surface area contributed by atoms with Crippen molar-refractivity contribution in [2.75, 3.05) is 12.8 Å². The summed E-state index contributed by atoms with van der Waals surface area (Å²) in [7, 11) is 2.16. The lowest BCUT2D eigenvalue weighted by Gasteiger charge is -2.27. The van der Waals surface area contributed by atoms with Gasteiger partial charge in [-0.3, -0.25) is 0 Å². The van der Waals surface area contributed by atoms with E-state index in [1.807, 2.05) is 0 Å². The molecule has 1 nitrogen and oxygen atoms in total. The van der Waals surface area contributed by atoms with E-state index in [0.29, 0.717) is 0 Å². The molecule has 1 fully saturated rings. The number of hydrogen-bond acceptors (Lipinski definition) is 2. The van der Waals surface area contributed by atoms with Gasteiger partial charge < -0.3 is 5.32 Å². The fourth-order valence-electron chi connectivity index (χ4n) is 2.96. The van der Waals surface area contributed by atoms with Gasteiger partial charge in [-0.05, 0) is 32.1 Å². The first-order chi connectivity index (χ1) is 8.88. The Bertz CT molecular complexity index is 184. The van der Waals surface area contributed by atoms with Gasteiger partial charge in [0.05, 0.1) is 0 Å². The fraction of sp³-hybridized carbons (Fsp3) is 1.00. The fourth-order valence-corrected chi connectivity index (χ4v) is 4.33. The van der Waals surface area contributed by atoms with E-state index in [-0.39, 0.29) is 0 Å². The summed E-state index contributed by atoms with van der Waals surface area (Å²) in [4.78, 5) is 0. The average molecular weight is 272 g/mol. The molecular weight excluding hydrogens is 238 g/mol. The van der Waals surface area contributed by atoms with E-state index in [0.717, 1.165) is 11.3 Å². The minimum atomic E-state index is 0.751. The van der Waals surface area contributed by atoms with E-state index in [1.54, 1.807) is 0 Å². The summed E-state index contributed by atoms with van der Waals surface area (Å²) in [5.41, 5.74) is 0. The molecule has 0 spiro atoms. The highest BCUT2D eigenvalue weighted by Crippen LogP contribution is 2.26. The molecule has 0 amide bonds. The highest BCUT2D eigenvalue weighted by Gasteiger charge is 2.19. The second kappa shape index (κ2) is 11.2. The summed E-state index contributed by atoms with van der Waals surface area (Å²) in [6, 6.07) is 0.751. The van der Waals surface area contributed by atoms with Crippen molar-refractivity contribution in [3.8, 4) is 0 Å². The molecule has 1 aliphatic carbocycles. The molecule has 1 saturated carbocycles. The van der Waals surface area contributed by atoms with Crippen molar-refractivity contribution in [1.82, 2.24) is 5.32 Å². The van der Waals surface area contributed by atoms with E-state index in [9.17, 15) is 0 Å². The zero-order chi connectivity index (χ0) is 13.1. The Hall–Kier alpha value is 0.310. The van der Waals surface area contributed by atoms with Crippen molar-refractivity contribution >= 4 is 11.8 Å². The first-order valence-corrected chi connectivity index (χ1v) is 9.22. The lowest BCUT2D eigenvalue weighted by Crippen LogP contribution is -2.36. The Morgan fingerprint density at radius 1 is 0.889 bits per heavy atom. The Balaban J connectivity index is 2.43. The summed E-state index contributed by atoms with van der Waals surface area (Å²) in [5, 5.41) is 4.45. The van der Waals surface area contributed by atoms with Crippen molar-refractivity contribution < 1.29 is 0 Å². The van der Waals surface area contributed by atoms with Gasteiger partial charge in [0.1, 0.15) is 0 Å². The summed E-state index contributed by atoms with van der Waals surface area (Å²) < 4.78 is 0. The van der Waals surface area contributed by atoms with Crippen LogP contribution in [0.25, 0.3) is 0 Å². The van der Waals surface area contributed by atoms with Crippen LogP contribution in [0, 0.1) is 0 Å². The first-order valence-electron chi connectivity index (χ1n) is 8.17. The SMILES string of the molecule is CCCSC1CCCCCCCCCCC1NC. The predicted molar refractivity (Wildman–Crippen MR) is 85.6 cm³/mol. The smallest absolute Gasteiger partial charge is 0.0201 e. The van der Waals surface area contributed by atoms with E-state index >= 15 is 0 Å². The summed E-state index contributed by atoms with van der Waals surface area (Å²) in [6.45, 7) is 2.30. The molecule has 0 aromatic carbocycles. The minimum absolute atomic E-state index is 0.751. The number of hydrogen-bond donors (Lipinski definition) is 1. The Labute approximate surface area is 119 Å². The number of rotatable bonds is 4. The largest absolute Gasteiger partial charge is 0.316 e. The number of thioether (sulfide) groups is 1. The Kier molecular flexibility index (Phi) is 10.1. The molecular formula is C16H33NS. The van der Waals surface area contributed by atoms with Crippen LogP contribution >= 0.6 is 11.8 Å². The third-order valence-electron chi connectivity index (χ3n) is 4.11. The van der Waals surface area contributed by atoms with E-state index in [1.165, 1.54) is 76.4 Å². The molecule has 2 atom stereocenters. The van der Waals surface area contributed by atoms with Crippen molar-refractivity contribution in [2.24, 2.45) is 0 Å². The third-order valence-corrected chi connectivity index (χ3v) is 5.75. The van der Waals surface area contributed by atoms with Crippen molar-refractivity contribution in [1.29, 1.82) is 0 Å². The van der Waals surface area contributed by atoms with Crippen LogP contribution in [-0.2, 0) is 0 Å². The van der Waals surface area contributed by atoms with Gasteiger partial charge >= 0.3 is 0 Å². The zero-order valence-corrected chi connectivity index (χ0v) is 13.4. The molecule has 18 heavy (non-hydrogen) atoms. The van der Waals surface area contributed by atoms with Crippen LogP contribution in [0.4, 0.5) is 0 Å². The molecule has 0 aromatic heterocycles. The number of nitrogens with one attached hydrogen (secondary N) is 1. The molecule has 1 aliphatic rings. The molecule has 0 aliphatic heterocycles. The lowest BCUT2D eigenvalue weighted by atomic mass is 9.97. The molecule has 2 unspecified atom stereocenters. The Morgan fingerprint density at radius 2 is 1.44 bits per heavy atom. The first kappa shape index (κ1) is 16.4. The molecule has 108 valence electrons. The molecule has 0 aromatic rings. The zero-order valence-electron chi connectivity index (χ0n) is 12.5. The second-order valence-electron chi connectivity index (χ2n) is 5.71. The molecule has 0 heterocycles. The van der Waals surface area contributed by atoms with Gasteiger partial charge in [0.15, 0.2) is 0 Å². The van der Waals surface area contributed by atoms with Gasteiger partial charge in [0.2, 0.25) is 0 Å². The summed E-state index contributed by atoms with van der Waals surface area (Å²) in [6.07, 6.45) is 15.8. The van der Waals surface area contributed by atoms with E-state index in [2.05, 4.69) is 31.1 Å². The quantitative estimate of drug-likeness (QED) is 0.772. The highest BCUT2D eigenvalue weighted by molar-refractivity contribution is 7.99. The topological polar surface area (TPSA) is 12.0 Å². The standard InChI is InChI=1S/C16H33NS/c1-3-14-18-16-13-11-9-7-5-4-6-8-10-12-15(16)17-2/h15-17H,3-14H2,1-2H3. The van der Waals surface area contributed by atoms with Gasteiger partial charge in [0.25, 0.3) is 0 Å². The van der Waals surface area contributed by atoms with Crippen LogP contribution in [0.15, 0.2) is 0 Å². The molecule has 1 rings (SSSR count). The van der Waals surface area contributed by atoms with Crippen LogP contribution in [0.1, 0.15) is 77.6 Å². The Morgan fingerprint density at radius 3 is 2.00 bits per heavy atom. The van der Waals surface area contributed by atoms with Crippen molar-refractivity contribution in [2.45, 2.75) is 88.8 Å². The van der Waals surface area contributed by atoms with E-state index < -0.39 is 0 Å². The molecule has 0 saturated heterocycles. The maximum absolute atomic E-state index is 3.59. The minimum Gasteiger partial charge on any atom is -0.316 e. The molecule has 2 heteroatoms. The van der Waals surface area contributed by atoms with Crippen LogP contribution in [0.2, 0.25) is 0 Å². The van der Waals surface area contributed by atoms with Crippen LogP contribution < -0.4 is 5.32 Å². The predicted octanol–water partition coefficient (Wildman–Crippen LogP) is 5.00. The molecule has 0 bridgehead atoms. The normalized spacial score (nSPS) is 28.3. The summed E-state index contributed by atoms with van der Waals surface area (Å²) in [5.74, 6) is 1.34. The third kappa shape index (κ3) is 7.04. The molecule has 1 N–H and O–H groups in total. The maximum Gasteiger partial charge on any atom is 0.0201 e.